The Morgan fingerprint density at radius 2 is 1.92 bits per heavy atom. The number of sulfone groups is 1. The fourth-order valence-corrected chi connectivity index (χ4v) is 5.01. The van der Waals surface area contributed by atoms with Gasteiger partial charge in [0, 0.05) is 59.0 Å². The number of ether oxygens (including phenoxy) is 1. The lowest BCUT2D eigenvalue weighted by Gasteiger charge is -2.36. The lowest BCUT2D eigenvalue weighted by atomic mass is 10.2. The molecule has 2 saturated heterocycles. The minimum atomic E-state index is -3.14. The van der Waals surface area contributed by atoms with Gasteiger partial charge >= 0.3 is 11.8 Å². The molecule has 2 N–H and O–H groups in total. The van der Waals surface area contributed by atoms with Crippen LogP contribution in [0.1, 0.15) is 6.42 Å². The molecule has 0 saturated carbocycles. The summed E-state index contributed by atoms with van der Waals surface area (Å²) in [5.41, 5.74) is 5.54. The zero-order valence-electron chi connectivity index (χ0n) is 14.7. The van der Waals surface area contributed by atoms with Crippen molar-refractivity contribution in [3.63, 3.8) is 0 Å². The average Bonchev–Trinajstić information content (AvgIpc) is 2.95. The molecule has 2 rings (SSSR count). The molecule has 0 aromatic rings. The lowest BCUT2D eigenvalue weighted by Crippen LogP contribution is -2.55. The number of carbonyl (C=O) groups is 2. The van der Waals surface area contributed by atoms with Gasteiger partial charge in [0.2, 0.25) is 0 Å². The maximum Gasteiger partial charge on any atom is 0.312 e. The van der Waals surface area contributed by atoms with Crippen molar-refractivity contribution in [2.24, 2.45) is 5.73 Å². The van der Waals surface area contributed by atoms with Crippen molar-refractivity contribution in [1.29, 1.82) is 0 Å². The van der Waals surface area contributed by atoms with Crippen molar-refractivity contribution in [3.05, 3.63) is 0 Å². The molecule has 144 valence electrons. The number of hydrogen-bond acceptors (Lipinski definition) is 7. The predicted molar refractivity (Wildman–Crippen MR) is 92.7 cm³/mol. The summed E-state index contributed by atoms with van der Waals surface area (Å²) in [4.78, 5) is 30.4. The fourth-order valence-electron chi connectivity index (χ4n) is 3.28. The molecule has 2 fully saturated rings. The van der Waals surface area contributed by atoms with Crippen molar-refractivity contribution in [1.82, 2.24) is 14.7 Å². The Morgan fingerprint density at radius 3 is 2.44 bits per heavy atom. The molecule has 2 amide bonds. The second-order valence-electron chi connectivity index (χ2n) is 6.47. The zero-order chi connectivity index (χ0) is 18.4. The van der Waals surface area contributed by atoms with Crippen molar-refractivity contribution in [3.8, 4) is 0 Å². The lowest BCUT2D eigenvalue weighted by molar-refractivity contribution is -0.154. The van der Waals surface area contributed by atoms with Crippen LogP contribution in [-0.2, 0) is 24.2 Å². The fraction of sp³-hybridized carbons (Fsp3) is 0.867. The molecule has 1 unspecified atom stereocenters. The number of nitrogens with two attached hydrogens (primary N) is 1. The van der Waals surface area contributed by atoms with Crippen LogP contribution in [-0.4, -0.2) is 112 Å². The molecule has 9 nitrogen and oxygen atoms in total. The highest BCUT2D eigenvalue weighted by molar-refractivity contribution is 7.91. The van der Waals surface area contributed by atoms with E-state index in [2.05, 4.69) is 4.90 Å². The topological polar surface area (TPSA) is 113 Å². The zero-order valence-corrected chi connectivity index (χ0v) is 15.5. The van der Waals surface area contributed by atoms with Crippen LogP contribution in [0.25, 0.3) is 0 Å². The van der Waals surface area contributed by atoms with Crippen molar-refractivity contribution < 1.29 is 22.7 Å². The molecule has 2 heterocycles. The molecule has 2 aliphatic heterocycles. The highest BCUT2D eigenvalue weighted by Crippen LogP contribution is 2.18. The Hall–Kier alpha value is -1.23. The summed E-state index contributed by atoms with van der Waals surface area (Å²) in [6.45, 7) is 4.15. The quantitative estimate of drug-likeness (QED) is 0.521. The number of nitrogens with zero attached hydrogens (tertiary/aromatic N) is 3. The predicted octanol–water partition coefficient (Wildman–Crippen LogP) is -2.25. The van der Waals surface area contributed by atoms with Gasteiger partial charge in [-0.05, 0) is 6.42 Å². The van der Waals surface area contributed by atoms with Crippen LogP contribution < -0.4 is 5.73 Å². The van der Waals surface area contributed by atoms with E-state index in [1.54, 1.807) is 4.90 Å². The summed E-state index contributed by atoms with van der Waals surface area (Å²) in [7, 11) is -1.63. The number of amides is 2. The molecule has 0 aromatic heterocycles. The number of methoxy groups -OCH3 is 1. The molecular weight excluding hydrogens is 348 g/mol. The smallest absolute Gasteiger partial charge is 0.312 e. The first kappa shape index (κ1) is 20.1. The van der Waals surface area contributed by atoms with E-state index in [-0.39, 0.29) is 24.7 Å². The van der Waals surface area contributed by atoms with Crippen molar-refractivity contribution >= 4 is 21.7 Å². The highest BCUT2D eigenvalue weighted by atomic mass is 32.2. The molecule has 25 heavy (non-hydrogen) atoms. The highest BCUT2D eigenvalue weighted by Gasteiger charge is 2.38. The molecule has 10 heteroatoms. The molecule has 0 aliphatic carbocycles. The van der Waals surface area contributed by atoms with Crippen molar-refractivity contribution in [2.75, 3.05) is 71.0 Å². The van der Waals surface area contributed by atoms with Crippen LogP contribution in [0.5, 0.6) is 0 Å². The largest absolute Gasteiger partial charge is 0.383 e. The Balaban J connectivity index is 1.99. The second kappa shape index (κ2) is 8.93. The maximum atomic E-state index is 12.7. The van der Waals surface area contributed by atoms with E-state index < -0.39 is 27.7 Å². The van der Waals surface area contributed by atoms with E-state index in [0.717, 1.165) is 6.54 Å². The Labute approximate surface area is 149 Å². The van der Waals surface area contributed by atoms with Crippen LogP contribution in [0.15, 0.2) is 0 Å². The molecule has 0 spiro atoms. The second-order valence-corrected chi connectivity index (χ2v) is 8.70. The average molecular weight is 376 g/mol. The van der Waals surface area contributed by atoms with Gasteiger partial charge in [0.1, 0.15) is 0 Å². The third-order valence-electron chi connectivity index (χ3n) is 4.73. The monoisotopic (exact) mass is 376 g/mol. The van der Waals surface area contributed by atoms with E-state index in [1.807, 2.05) is 0 Å². The van der Waals surface area contributed by atoms with Crippen LogP contribution >= 0.6 is 0 Å². The summed E-state index contributed by atoms with van der Waals surface area (Å²) < 4.78 is 28.5. The van der Waals surface area contributed by atoms with E-state index in [0.29, 0.717) is 39.1 Å². The molecule has 0 radical (unpaired) electrons. The standard InChI is InChI=1S/C15H28N4O5S/c1-24-10-9-19(13-2-11-25(22,23)12-13)15(21)14(20)18-7-5-17(4-3-16)6-8-18/h13H,2-12,16H2,1H3. The summed E-state index contributed by atoms with van der Waals surface area (Å²) in [5, 5.41) is 0. The minimum Gasteiger partial charge on any atom is -0.383 e. The normalized spacial score (nSPS) is 23.6. The van der Waals surface area contributed by atoms with E-state index in [9.17, 15) is 18.0 Å². The molecule has 2 aliphatic rings. The summed E-state index contributed by atoms with van der Waals surface area (Å²) in [5.74, 6) is -1.22. The van der Waals surface area contributed by atoms with Gasteiger partial charge in [-0.1, -0.05) is 0 Å². The number of rotatable bonds is 6. The van der Waals surface area contributed by atoms with Crippen LogP contribution in [0.4, 0.5) is 0 Å². The van der Waals surface area contributed by atoms with E-state index >= 15 is 0 Å². The van der Waals surface area contributed by atoms with Crippen LogP contribution in [0.2, 0.25) is 0 Å². The SMILES string of the molecule is COCCN(C(=O)C(=O)N1CCN(CCN)CC1)C1CCS(=O)(=O)C1. The molecule has 1 atom stereocenters. The van der Waals surface area contributed by atoms with Gasteiger partial charge in [0.05, 0.1) is 18.1 Å². The maximum absolute atomic E-state index is 12.7. The molecule has 0 aromatic carbocycles. The Bertz CT molecular complexity index is 574. The van der Waals surface area contributed by atoms with E-state index in [1.165, 1.54) is 12.0 Å². The summed E-state index contributed by atoms with van der Waals surface area (Å²) in [6.07, 6.45) is 0.370. The molecular formula is C15H28N4O5S. The van der Waals surface area contributed by atoms with Crippen molar-refractivity contribution in [2.45, 2.75) is 12.5 Å². The Kier molecular flexibility index (Phi) is 7.17. The summed E-state index contributed by atoms with van der Waals surface area (Å²) >= 11 is 0. The minimum absolute atomic E-state index is 0.0559. The van der Waals surface area contributed by atoms with Gasteiger partial charge in [-0.15, -0.1) is 0 Å². The summed E-state index contributed by atoms with van der Waals surface area (Å²) in [6, 6.07) is -0.449. The van der Waals surface area contributed by atoms with Gasteiger partial charge in [-0.3, -0.25) is 14.5 Å². The Morgan fingerprint density at radius 1 is 1.24 bits per heavy atom. The first-order chi connectivity index (χ1) is 11.9. The van der Waals surface area contributed by atoms with Gasteiger partial charge in [-0.25, -0.2) is 8.42 Å². The first-order valence-corrected chi connectivity index (χ1v) is 10.4. The third-order valence-corrected chi connectivity index (χ3v) is 6.48. The number of piperazine rings is 1. The van der Waals surface area contributed by atoms with Gasteiger partial charge in [-0.2, -0.15) is 0 Å². The third kappa shape index (κ3) is 5.37. The molecule has 0 bridgehead atoms. The van der Waals surface area contributed by atoms with Crippen LogP contribution in [0, 0.1) is 0 Å². The van der Waals surface area contributed by atoms with Crippen LogP contribution in [0.3, 0.4) is 0 Å². The number of hydrogen-bond donors (Lipinski definition) is 1. The van der Waals surface area contributed by atoms with E-state index in [4.69, 9.17) is 10.5 Å². The van der Waals surface area contributed by atoms with Gasteiger partial charge < -0.3 is 20.3 Å². The number of carbonyl (C=O) groups excluding carboxylic acids is 2. The van der Waals surface area contributed by atoms with Gasteiger partial charge in [0.25, 0.3) is 0 Å². The van der Waals surface area contributed by atoms with Gasteiger partial charge in [0.15, 0.2) is 9.84 Å². The first-order valence-electron chi connectivity index (χ1n) is 8.59.